The minimum absolute atomic E-state index is 0.0265. The molecule has 3 aromatic rings. The van der Waals surface area contributed by atoms with Crippen molar-refractivity contribution in [1.82, 2.24) is 4.90 Å². The van der Waals surface area contributed by atoms with E-state index < -0.39 is 9.84 Å². The summed E-state index contributed by atoms with van der Waals surface area (Å²) in [6.07, 6.45) is 1.18. The third kappa shape index (κ3) is 5.68. The smallest absolute Gasteiger partial charge is 0.253 e. The maximum atomic E-state index is 13.0. The largest absolute Gasteiger partial charge is 0.339 e. The molecule has 1 saturated heterocycles. The Kier molecular flexibility index (Phi) is 6.89. The van der Waals surface area contributed by atoms with E-state index in [1.807, 2.05) is 30.3 Å². The maximum Gasteiger partial charge on any atom is 0.253 e. The molecule has 1 fully saturated rings. The number of rotatable bonds is 6. The average Bonchev–Trinajstić information content (AvgIpc) is 2.85. The van der Waals surface area contributed by atoms with Crippen LogP contribution in [-0.4, -0.2) is 38.2 Å². The van der Waals surface area contributed by atoms with E-state index in [1.54, 1.807) is 59.5 Å². The SMILES string of the molecule is O=C(Nc1ccccc1)C1CCN(C(=O)c2cccc(CS(=O)(=O)c3ccccc3)c2)CC1. The highest BCUT2D eigenvalue weighted by Crippen LogP contribution is 2.22. The van der Waals surface area contributed by atoms with E-state index >= 15 is 0 Å². The van der Waals surface area contributed by atoms with Crippen molar-refractivity contribution < 1.29 is 18.0 Å². The van der Waals surface area contributed by atoms with Gasteiger partial charge in [-0.25, -0.2) is 8.42 Å². The van der Waals surface area contributed by atoms with Crippen LogP contribution < -0.4 is 5.32 Å². The monoisotopic (exact) mass is 462 g/mol. The highest BCUT2D eigenvalue weighted by atomic mass is 32.2. The predicted molar refractivity (Wildman–Crippen MR) is 127 cm³/mol. The number of amides is 2. The van der Waals surface area contributed by atoms with E-state index in [0.29, 0.717) is 37.1 Å². The van der Waals surface area contributed by atoms with Crippen LogP contribution >= 0.6 is 0 Å². The van der Waals surface area contributed by atoms with Crippen LogP contribution in [-0.2, 0) is 20.4 Å². The van der Waals surface area contributed by atoms with E-state index in [0.717, 1.165) is 5.69 Å². The molecule has 6 nitrogen and oxygen atoms in total. The Balaban J connectivity index is 1.37. The summed E-state index contributed by atoms with van der Waals surface area (Å²) in [6, 6.07) is 24.4. The second-order valence-corrected chi connectivity index (χ2v) is 10.2. The van der Waals surface area contributed by atoms with Gasteiger partial charge in [0.15, 0.2) is 9.84 Å². The summed E-state index contributed by atoms with van der Waals surface area (Å²) in [7, 11) is -3.49. The molecule has 7 heteroatoms. The first kappa shape index (κ1) is 22.7. The molecule has 3 aromatic carbocycles. The molecule has 0 atom stereocenters. The lowest BCUT2D eigenvalue weighted by Crippen LogP contribution is -2.41. The van der Waals surface area contributed by atoms with Gasteiger partial charge in [-0.2, -0.15) is 0 Å². The van der Waals surface area contributed by atoms with Gasteiger partial charge in [-0.3, -0.25) is 9.59 Å². The Morgan fingerprint density at radius 2 is 1.48 bits per heavy atom. The summed E-state index contributed by atoms with van der Waals surface area (Å²) in [5.41, 5.74) is 1.80. The number of piperidine rings is 1. The second kappa shape index (κ2) is 10.0. The van der Waals surface area contributed by atoms with Gasteiger partial charge in [-0.1, -0.05) is 48.5 Å². The number of nitrogens with one attached hydrogen (secondary N) is 1. The van der Waals surface area contributed by atoms with Gasteiger partial charge in [0, 0.05) is 30.3 Å². The number of likely N-dealkylation sites (tertiary alicyclic amines) is 1. The third-order valence-corrected chi connectivity index (χ3v) is 7.53. The van der Waals surface area contributed by atoms with Gasteiger partial charge >= 0.3 is 0 Å². The Bertz CT molecular complexity index is 1220. The summed E-state index contributed by atoms with van der Waals surface area (Å²) in [5, 5.41) is 2.93. The number of carbonyl (C=O) groups excluding carboxylic acids is 2. The van der Waals surface area contributed by atoms with Crippen LogP contribution in [0, 0.1) is 5.92 Å². The molecule has 2 amide bonds. The molecule has 1 aliphatic rings. The van der Waals surface area contributed by atoms with Crippen molar-refractivity contribution in [3.05, 3.63) is 96.1 Å². The third-order valence-electron chi connectivity index (χ3n) is 5.83. The molecule has 0 unspecified atom stereocenters. The van der Waals surface area contributed by atoms with E-state index in [1.165, 1.54) is 0 Å². The van der Waals surface area contributed by atoms with Gasteiger partial charge in [0.1, 0.15) is 0 Å². The van der Waals surface area contributed by atoms with Gasteiger partial charge in [-0.05, 0) is 54.8 Å². The molecule has 0 aliphatic carbocycles. The first-order valence-electron chi connectivity index (χ1n) is 10.9. The Hall–Kier alpha value is -3.45. The molecule has 33 heavy (non-hydrogen) atoms. The van der Waals surface area contributed by atoms with Crippen LogP contribution in [0.1, 0.15) is 28.8 Å². The van der Waals surface area contributed by atoms with Crippen molar-refractivity contribution in [3.8, 4) is 0 Å². The minimum Gasteiger partial charge on any atom is -0.339 e. The molecule has 1 heterocycles. The van der Waals surface area contributed by atoms with Gasteiger partial charge in [0.2, 0.25) is 5.91 Å². The summed E-state index contributed by atoms with van der Waals surface area (Å²) >= 11 is 0. The summed E-state index contributed by atoms with van der Waals surface area (Å²) in [6.45, 7) is 0.969. The summed E-state index contributed by atoms with van der Waals surface area (Å²) in [4.78, 5) is 27.6. The van der Waals surface area contributed by atoms with Crippen molar-refractivity contribution in [3.63, 3.8) is 0 Å². The lowest BCUT2D eigenvalue weighted by Gasteiger charge is -2.31. The van der Waals surface area contributed by atoms with Crippen molar-refractivity contribution in [1.29, 1.82) is 0 Å². The van der Waals surface area contributed by atoms with Gasteiger partial charge in [-0.15, -0.1) is 0 Å². The quantitative estimate of drug-likeness (QED) is 0.597. The van der Waals surface area contributed by atoms with Crippen LogP contribution in [0.15, 0.2) is 89.8 Å². The molecule has 0 spiro atoms. The fourth-order valence-corrected chi connectivity index (χ4v) is 5.37. The van der Waals surface area contributed by atoms with Crippen LogP contribution in [0.5, 0.6) is 0 Å². The molecule has 1 aliphatic heterocycles. The number of carbonyl (C=O) groups is 2. The fourth-order valence-electron chi connectivity index (χ4n) is 4.02. The Labute approximate surface area is 194 Å². The van der Waals surface area contributed by atoms with Gasteiger partial charge < -0.3 is 10.2 Å². The molecular formula is C26H26N2O4S. The zero-order valence-electron chi connectivity index (χ0n) is 18.2. The van der Waals surface area contributed by atoms with Gasteiger partial charge in [0.05, 0.1) is 10.6 Å². The van der Waals surface area contributed by atoms with Gasteiger partial charge in [0.25, 0.3) is 5.91 Å². The molecule has 1 N–H and O–H groups in total. The first-order chi connectivity index (χ1) is 15.9. The molecule has 0 bridgehead atoms. The minimum atomic E-state index is -3.49. The normalized spacial score (nSPS) is 14.6. The van der Waals surface area contributed by atoms with Crippen LogP contribution in [0.4, 0.5) is 5.69 Å². The fraction of sp³-hybridized carbons (Fsp3) is 0.231. The second-order valence-electron chi connectivity index (χ2n) is 8.19. The first-order valence-corrected chi connectivity index (χ1v) is 12.6. The number of hydrogen-bond donors (Lipinski definition) is 1. The molecular weight excluding hydrogens is 436 g/mol. The van der Waals surface area contributed by atoms with Crippen LogP contribution in [0.25, 0.3) is 0 Å². The molecule has 170 valence electrons. The molecule has 0 radical (unpaired) electrons. The maximum absolute atomic E-state index is 13.0. The molecule has 0 saturated carbocycles. The lowest BCUT2D eigenvalue weighted by atomic mass is 9.95. The van der Waals surface area contributed by atoms with Crippen molar-refractivity contribution in [2.75, 3.05) is 18.4 Å². The highest BCUT2D eigenvalue weighted by Gasteiger charge is 2.28. The van der Waals surface area contributed by atoms with Crippen molar-refractivity contribution in [2.24, 2.45) is 5.92 Å². The van der Waals surface area contributed by atoms with E-state index in [2.05, 4.69) is 5.32 Å². The summed E-state index contributed by atoms with van der Waals surface area (Å²) in [5.74, 6) is -0.478. The predicted octanol–water partition coefficient (Wildman–Crippen LogP) is 4.15. The Morgan fingerprint density at radius 3 is 2.15 bits per heavy atom. The summed E-state index contributed by atoms with van der Waals surface area (Å²) < 4.78 is 25.4. The zero-order chi connectivity index (χ0) is 23.3. The zero-order valence-corrected chi connectivity index (χ0v) is 19.0. The van der Waals surface area contributed by atoms with Crippen LogP contribution in [0.3, 0.4) is 0 Å². The number of anilines is 1. The van der Waals surface area contributed by atoms with Crippen molar-refractivity contribution in [2.45, 2.75) is 23.5 Å². The van der Waals surface area contributed by atoms with E-state index in [9.17, 15) is 18.0 Å². The topological polar surface area (TPSA) is 83.6 Å². The Morgan fingerprint density at radius 1 is 0.848 bits per heavy atom. The highest BCUT2D eigenvalue weighted by molar-refractivity contribution is 7.90. The standard InChI is InChI=1S/C26H26N2O4S/c29-25(27-23-10-3-1-4-11-23)21-14-16-28(17-15-21)26(30)22-9-7-8-20(18-22)19-33(31,32)24-12-5-2-6-13-24/h1-13,18,21H,14-17,19H2,(H,27,29). The average molecular weight is 463 g/mol. The van der Waals surface area contributed by atoms with E-state index in [4.69, 9.17) is 0 Å². The number of benzene rings is 3. The number of hydrogen-bond acceptors (Lipinski definition) is 4. The number of para-hydroxylation sites is 1. The lowest BCUT2D eigenvalue weighted by molar-refractivity contribution is -0.121. The molecule has 0 aromatic heterocycles. The number of sulfone groups is 1. The number of nitrogens with zero attached hydrogens (tertiary/aromatic N) is 1. The van der Waals surface area contributed by atoms with Crippen molar-refractivity contribution >= 4 is 27.3 Å². The van der Waals surface area contributed by atoms with Crippen LogP contribution in [0.2, 0.25) is 0 Å². The molecule has 4 rings (SSSR count). The van der Waals surface area contributed by atoms with E-state index in [-0.39, 0.29) is 28.4 Å².